The van der Waals surface area contributed by atoms with Crippen LogP contribution >= 0.6 is 11.3 Å². The van der Waals surface area contributed by atoms with Crippen LogP contribution in [0.4, 0.5) is 5.69 Å². The van der Waals surface area contributed by atoms with E-state index in [-0.39, 0.29) is 37.5 Å². The fourth-order valence-electron chi connectivity index (χ4n) is 2.74. The zero-order chi connectivity index (χ0) is 18.6. The summed E-state index contributed by atoms with van der Waals surface area (Å²) in [6, 6.07) is 9.89. The Labute approximate surface area is 154 Å². The van der Waals surface area contributed by atoms with E-state index in [0.717, 1.165) is 0 Å². The molecule has 0 bridgehead atoms. The largest absolute Gasteiger partial charge is 0.480 e. The van der Waals surface area contributed by atoms with Gasteiger partial charge >= 0.3 is 5.97 Å². The summed E-state index contributed by atoms with van der Waals surface area (Å²) in [5.74, 6) is -1.83. The van der Waals surface area contributed by atoms with Gasteiger partial charge < -0.3 is 20.5 Å². The summed E-state index contributed by atoms with van der Waals surface area (Å²) >= 11 is 1.32. The van der Waals surface area contributed by atoms with E-state index in [4.69, 9.17) is 4.74 Å². The Bertz CT molecular complexity index is 813. The molecule has 8 heteroatoms. The van der Waals surface area contributed by atoms with Crippen LogP contribution < -0.4 is 10.6 Å². The van der Waals surface area contributed by atoms with Gasteiger partial charge in [-0.1, -0.05) is 12.1 Å². The van der Waals surface area contributed by atoms with Crippen molar-refractivity contribution in [2.24, 2.45) is 0 Å². The first-order valence-electron chi connectivity index (χ1n) is 8.09. The molecule has 7 nitrogen and oxygen atoms in total. The van der Waals surface area contributed by atoms with Gasteiger partial charge in [-0.15, -0.1) is 11.3 Å². The fraction of sp³-hybridized carbons (Fsp3) is 0.278. The third kappa shape index (κ3) is 3.92. The minimum atomic E-state index is -1.33. The number of carboxylic acids is 1. The van der Waals surface area contributed by atoms with Crippen molar-refractivity contribution in [3.63, 3.8) is 0 Å². The Morgan fingerprint density at radius 3 is 2.50 bits per heavy atom. The highest BCUT2D eigenvalue weighted by atomic mass is 32.1. The Kier molecular flexibility index (Phi) is 5.34. The standard InChI is InChI=1S/C18H18N2O5S/c21-15(20-18(17(23)24)6-8-25-9-7-18)12-3-1-4-13(11-12)19-16(22)14-5-2-10-26-14/h1-5,10-11H,6-9H2,(H,19,22)(H,20,21)(H,23,24). The van der Waals surface area contributed by atoms with Crippen molar-refractivity contribution in [3.8, 4) is 0 Å². The van der Waals surface area contributed by atoms with Crippen molar-refractivity contribution < 1.29 is 24.2 Å². The monoisotopic (exact) mass is 374 g/mol. The van der Waals surface area contributed by atoms with Crippen LogP contribution in [0.3, 0.4) is 0 Å². The van der Waals surface area contributed by atoms with Gasteiger partial charge in [0.1, 0.15) is 5.54 Å². The van der Waals surface area contributed by atoms with Gasteiger partial charge in [0.05, 0.1) is 4.88 Å². The third-order valence-corrected chi connectivity index (χ3v) is 5.10. The number of rotatable bonds is 5. The van der Waals surface area contributed by atoms with Crippen molar-refractivity contribution in [1.29, 1.82) is 0 Å². The predicted octanol–water partition coefficient (Wildman–Crippen LogP) is 2.36. The summed E-state index contributed by atoms with van der Waals surface area (Å²) in [4.78, 5) is 36.9. The number of hydrogen-bond donors (Lipinski definition) is 3. The lowest BCUT2D eigenvalue weighted by atomic mass is 9.89. The normalized spacial score (nSPS) is 15.8. The number of thiophene rings is 1. The first kappa shape index (κ1) is 18.1. The lowest BCUT2D eigenvalue weighted by molar-refractivity contribution is -0.148. The lowest BCUT2D eigenvalue weighted by Crippen LogP contribution is -2.57. The van der Waals surface area contributed by atoms with E-state index in [1.807, 2.05) is 0 Å². The number of nitrogens with one attached hydrogen (secondary N) is 2. The van der Waals surface area contributed by atoms with Gasteiger partial charge in [0.15, 0.2) is 0 Å². The molecule has 0 radical (unpaired) electrons. The molecular weight excluding hydrogens is 356 g/mol. The Morgan fingerprint density at radius 2 is 1.85 bits per heavy atom. The molecule has 0 spiro atoms. The second kappa shape index (κ2) is 7.67. The highest BCUT2D eigenvalue weighted by Gasteiger charge is 2.41. The molecule has 0 aliphatic carbocycles. The van der Waals surface area contributed by atoms with Crippen LogP contribution in [0.2, 0.25) is 0 Å². The summed E-state index contributed by atoms with van der Waals surface area (Å²) in [6.45, 7) is 0.562. The molecular formula is C18H18N2O5S. The van der Waals surface area contributed by atoms with Gasteiger partial charge in [0, 0.05) is 37.3 Å². The molecule has 3 N–H and O–H groups in total. The molecule has 26 heavy (non-hydrogen) atoms. The Hall–Kier alpha value is -2.71. The molecule has 1 aromatic carbocycles. The number of benzene rings is 1. The topological polar surface area (TPSA) is 105 Å². The summed E-state index contributed by atoms with van der Waals surface area (Å²) in [5, 5.41) is 16.7. The highest BCUT2D eigenvalue weighted by Crippen LogP contribution is 2.22. The Morgan fingerprint density at radius 1 is 1.08 bits per heavy atom. The van der Waals surface area contributed by atoms with Gasteiger partial charge in [0.2, 0.25) is 0 Å². The Balaban J connectivity index is 1.73. The number of amides is 2. The maximum absolute atomic E-state index is 12.6. The minimum absolute atomic E-state index is 0.211. The predicted molar refractivity (Wildman–Crippen MR) is 96.6 cm³/mol. The van der Waals surface area contributed by atoms with E-state index >= 15 is 0 Å². The number of hydrogen-bond acceptors (Lipinski definition) is 5. The summed E-state index contributed by atoms with van der Waals surface area (Å²) in [7, 11) is 0. The average Bonchev–Trinajstić information content (AvgIpc) is 3.17. The van der Waals surface area contributed by atoms with Crippen molar-refractivity contribution in [1.82, 2.24) is 5.32 Å². The van der Waals surface area contributed by atoms with Crippen LogP contribution in [-0.4, -0.2) is 41.6 Å². The molecule has 2 heterocycles. The zero-order valence-electron chi connectivity index (χ0n) is 13.9. The highest BCUT2D eigenvalue weighted by molar-refractivity contribution is 7.12. The molecule has 1 aromatic heterocycles. The molecule has 0 saturated carbocycles. The van der Waals surface area contributed by atoms with Crippen LogP contribution in [0.5, 0.6) is 0 Å². The van der Waals surface area contributed by atoms with Crippen LogP contribution in [0.15, 0.2) is 41.8 Å². The van der Waals surface area contributed by atoms with Crippen LogP contribution in [0, 0.1) is 0 Å². The van der Waals surface area contributed by atoms with Gasteiger partial charge in [-0.2, -0.15) is 0 Å². The van der Waals surface area contributed by atoms with Crippen molar-refractivity contribution in [2.75, 3.05) is 18.5 Å². The number of anilines is 1. The molecule has 1 aliphatic rings. The number of carbonyl (C=O) groups excluding carboxylic acids is 2. The maximum atomic E-state index is 12.6. The molecule has 0 unspecified atom stereocenters. The summed E-state index contributed by atoms with van der Waals surface area (Å²) in [5.41, 5.74) is -0.584. The number of ether oxygens (including phenoxy) is 1. The van der Waals surface area contributed by atoms with E-state index in [2.05, 4.69) is 10.6 Å². The van der Waals surface area contributed by atoms with Crippen LogP contribution in [0.1, 0.15) is 32.9 Å². The van der Waals surface area contributed by atoms with E-state index < -0.39 is 17.4 Å². The summed E-state index contributed by atoms with van der Waals surface area (Å²) < 4.78 is 5.20. The molecule has 0 atom stereocenters. The SMILES string of the molecule is O=C(NC1(C(=O)O)CCOCC1)c1cccc(NC(=O)c2cccs2)c1. The van der Waals surface area contributed by atoms with Crippen LogP contribution in [-0.2, 0) is 9.53 Å². The van der Waals surface area contributed by atoms with Crippen LogP contribution in [0.25, 0.3) is 0 Å². The van der Waals surface area contributed by atoms with E-state index in [9.17, 15) is 19.5 Å². The molecule has 1 fully saturated rings. The van der Waals surface area contributed by atoms with E-state index in [1.165, 1.54) is 17.4 Å². The average molecular weight is 374 g/mol. The van der Waals surface area contributed by atoms with Gasteiger partial charge in [0.25, 0.3) is 11.8 Å². The third-order valence-electron chi connectivity index (χ3n) is 4.24. The second-order valence-electron chi connectivity index (χ2n) is 5.97. The van der Waals surface area contributed by atoms with Crippen molar-refractivity contribution in [2.45, 2.75) is 18.4 Å². The first-order chi connectivity index (χ1) is 12.5. The molecule has 2 amide bonds. The lowest BCUT2D eigenvalue weighted by Gasteiger charge is -2.33. The molecule has 3 rings (SSSR count). The number of carboxylic acid groups (broad SMARTS) is 1. The molecule has 1 aliphatic heterocycles. The van der Waals surface area contributed by atoms with Gasteiger partial charge in [-0.3, -0.25) is 9.59 Å². The first-order valence-corrected chi connectivity index (χ1v) is 8.97. The number of aliphatic carboxylic acids is 1. The maximum Gasteiger partial charge on any atom is 0.329 e. The van der Waals surface area contributed by atoms with Gasteiger partial charge in [-0.25, -0.2) is 4.79 Å². The smallest absolute Gasteiger partial charge is 0.329 e. The molecule has 2 aromatic rings. The number of carbonyl (C=O) groups is 3. The minimum Gasteiger partial charge on any atom is -0.480 e. The van der Waals surface area contributed by atoms with E-state index in [1.54, 1.807) is 35.7 Å². The van der Waals surface area contributed by atoms with Crippen molar-refractivity contribution >= 4 is 34.8 Å². The van der Waals surface area contributed by atoms with Crippen molar-refractivity contribution in [3.05, 3.63) is 52.2 Å². The molecule has 1 saturated heterocycles. The quantitative estimate of drug-likeness (QED) is 0.745. The van der Waals surface area contributed by atoms with Gasteiger partial charge in [-0.05, 0) is 29.6 Å². The molecule has 136 valence electrons. The summed E-state index contributed by atoms with van der Waals surface area (Å²) in [6.07, 6.45) is 0.422. The zero-order valence-corrected chi connectivity index (χ0v) is 14.7. The van der Waals surface area contributed by atoms with E-state index in [0.29, 0.717) is 10.6 Å². The second-order valence-corrected chi connectivity index (χ2v) is 6.91. The fourth-order valence-corrected chi connectivity index (χ4v) is 3.36.